The summed E-state index contributed by atoms with van der Waals surface area (Å²) in [5, 5.41) is 11.0. The van der Waals surface area contributed by atoms with Crippen LogP contribution in [-0.2, 0) is 9.47 Å². The van der Waals surface area contributed by atoms with E-state index in [0.717, 1.165) is 16.7 Å². The fraction of sp³-hybridized carbons (Fsp3) is 0.464. The number of carbonyl (C=O) groups is 3. The molecule has 1 N–H and O–H groups in total. The van der Waals surface area contributed by atoms with Crippen LogP contribution in [0.5, 0.6) is 0 Å². The van der Waals surface area contributed by atoms with E-state index in [0.29, 0.717) is 17.7 Å². The second-order valence-electron chi connectivity index (χ2n) is 10.9. The predicted octanol–water partition coefficient (Wildman–Crippen LogP) is 5.98. The molecule has 0 aliphatic carbocycles. The molecule has 0 unspecified atom stereocenters. The molecule has 0 saturated carbocycles. The zero-order chi connectivity index (χ0) is 30.8. The van der Waals surface area contributed by atoms with Crippen LogP contribution in [0.3, 0.4) is 0 Å². The minimum atomic E-state index is -0.880. The molecule has 2 aromatic heterocycles. The van der Waals surface area contributed by atoms with E-state index in [1.165, 1.54) is 12.3 Å². The molecule has 0 aromatic carbocycles. The number of aliphatic imine (C=N–C) groups is 1. The Bertz CT molecular complexity index is 1240. The average molecular weight is 587 g/mol. The average Bonchev–Trinajstić information content (AvgIpc) is 2.87. The van der Waals surface area contributed by atoms with Crippen molar-refractivity contribution in [2.75, 3.05) is 12.0 Å². The first-order chi connectivity index (χ1) is 19.1. The Morgan fingerprint density at radius 1 is 1.07 bits per heavy atom. The molecule has 0 saturated heterocycles. The topological polar surface area (TPSA) is 147 Å². The molecule has 11 nitrogen and oxygen atoms in total. The highest BCUT2D eigenvalue weighted by molar-refractivity contribution is 8.14. The number of hydrogen-bond acceptors (Lipinski definition) is 10. The number of carbonyl (C=O) groups excluding carboxylic acids is 3. The first-order valence-corrected chi connectivity index (χ1v) is 13.6. The molecule has 3 rings (SSSR count). The van der Waals surface area contributed by atoms with Gasteiger partial charge in [0.2, 0.25) is 0 Å². The van der Waals surface area contributed by atoms with Gasteiger partial charge in [-0.05, 0) is 79.2 Å². The van der Waals surface area contributed by atoms with E-state index in [4.69, 9.17) is 14.7 Å². The van der Waals surface area contributed by atoms with Crippen LogP contribution in [0.25, 0.3) is 0 Å². The Balaban J connectivity index is 0.000000303. The number of nitrogens with one attached hydrogen (secondary N) is 1. The highest BCUT2D eigenvalue weighted by Gasteiger charge is 2.38. The maximum atomic E-state index is 13.1. The molecule has 3 amide bonds. The van der Waals surface area contributed by atoms with E-state index in [1.807, 2.05) is 13.0 Å². The summed E-state index contributed by atoms with van der Waals surface area (Å²) >= 11 is 1.05. The third-order valence-electron chi connectivity index (χ3n) is 4.79. The number of amides is 3. The number of imide groups is 1. The third-order valence-corrected chi connectivity index (χ3v) is 5.94. The van der Waals surface area contributed by atoms with Crippen molar-refractivity contribution >= 4 is 40.7 Å². The minimum Gasteiger partial charge on any atom is -0.443 e. The molecule has 0 fully saturated rings. The molecule has 0 bridgehead atoms. The van der Waals surface area contributed by atoms with Crippen LogP contribution >= 0.6 is 11.8 Å². The van der Waals surface area contributed by atoms with Crippen molar-refractivity contribution in [1.82, 2.24) is 14.9 Å². The van der Waals surface area contributed by atoms with Gasteiger partial charge in [-0.15, -0.1) is 0 Å². The third kappa shape index (κ3) is 11.5. The van der Waals surface area contributed by atoms with Crippen molar-refractivity contribution in [2.24, 2.45) is 4.99 Å². The number of nitriles is 1. The lowest BCUT2D eigenvalue weighted by Gasteiger charge is -2.32. The van der Waals surface area contributed by atoms with Gasteiger partial charge in [0.1, 0.15) is 29.6 Å². The second kappa shape index (κ2) is 14.5. The highest BCUT2D eigenvalue weighted by atomic mass is 32.2. The van der Waals surface area contributed by atoms with Gasteiger partial charge in [-0.1, -0.05) is 11.8 Å². The number of halogens is 1. The van der Waals surface area contributed by atoms with Gasteiger partial charge in [0.25, 0.3) is 5.91 Å². The van der Waals surface area contributed by atoms with Gasteiger partial charge in [0.15, 0.2) is 5.17 Å². The number of thioether (sulfide) groups is 1. The maximum absolute atomic E-state index is 13.1. The predicted molar refractivity (Wildman–Crippen MR) is 154 cm³/mol. The number of alkyl halides is 1. The number of amidine groups is 1. The van der Waals surface area contributed by atoms with E-state index in [2.05, 4.69) is 20.3 Å². The maximum Gasteiger partial charge on any atom is 0.426 e. The van der Waals surface area contributed by atoms with E-state index in [1.54, 1.807) is 72.1 Å². The second-order valence-corrected chi connectivity index (χ2v) is 12.2. The van der Waals surface area contributed by atoms with Crippen molar-refractivity contribution in [3.63, 3.8) is 0 Å². The molecular formula is C28H35FN6O5S. The summed E-state index contributed by atoms with van der Waals surface area (Å²) in [5.74, 6) is -0.319. The van der Waals surface area contributed by atoms with Crippen molar-refractivity contribution < 1.29 is 28.2 Å². The molecule has 41 heavy (non-hydrogen) atoms. The number of nitrogens with zero attached hydrogens (tertiary/aromatic N) is 5. The Kier molecular flexibility index (Phi) is 11.8. The molecule has 2 aromatic rings. The standard InChI is InChI=1S/C16H27FN2O4S.C12H8N4O/c1-10-8-11(9-17)24-12(18-10)19(13(20)22-15(2,3)4)14(21)23-16(5,6)7;13-7-9-1-2-11(15-8-9)12(17)16-10-3-5-14-6-4-10/h10-11H,8-9H2,1-7H3;1-6,8H,(H,14,16,17)/t10-,11-;/m0./s1. The Hall–Kier alpha value is -4.05. The summed E-state index contributed by atoms with van der Waals surface area (Å²) in [6.07, 6.45) is 3.32. The SMILES string of the molecule is C[C@H]1C[C@@H](CF)SC(N(C(=O)OC(C)(C)C)C(=O)OC(C)(C)C)=N1.N#Cc1ccc(C(=O)Nc2ccncc2)nc1. The van der Waals surface area contributed by atoms with Crippen LogP contribution in [-0.4, -0.2) is 67.3 Å². The monoisotopic (exact) mass is 586 g/mol. The first-order valence-electron chi connectivity index (χ1n) is 12.8. The van der Waals surface area contributed by atoms with Crippen molar-refractivity contribution in [3.05, 3.63) is 54.1 Å². The van der Waals surface area contributed by atoms with E-state index >= 15 is 0 Å². The Morgan fingerprint density at radius 3 is 2.12 bits per heavy atom. The molecular weight excluding hydrogens is 551 g/mol. The summed E-state index contributed by atoms with van der Waals surface area (Å²) < 4.78 is 23.7. The number of ether oxygens (including phenoxy) is 2. The lowest BCUT2D eigenvalue weighted by atomic mass is 10.2. The van der Waals surface area contributed by atoms with Crippen molar-refractivity contribution in [2.45, 2.75) is 77.4 Å². The van der Waals surface area contributed by atoms with Crippen LogP contribution in [0, 0.1) is 11.3 Å². The van der Waals surface area contributed by atoms with Crippen LogP contribution in [0.15, 0.2) is 47.8 Å². The van der Waals surface area contributed by atoms with Gasteiger partial charge in [-0.3, -0.25) is 14.8 Å². The minimum absolute atomic E-state index is 0.111. The van der Waals surface area contributed by atoms with Gasteiger partial charge < -0.3 is 14.8 Å². The Labute approximate surface area is 243 Å². The highest BCUT2D eigenvalue weighted by Crippen LogP contribution is 2.29. The van der Waals surface area contributed by atoms with Gasteiger partial charge in [-0.2, -0.15) is 10.2 Å². The van der Waals surface area contributed by atoms with Crippen LogP contribution in [0.4, 0.5) is 19.7 Å². The molecule has 1 aliphatic heterocycles. The molecule has 0 radical (unpaired) electrons. The zero-order valence-electron chi connectivity index (χ0n) is 24.2. The van der Waals surface area contributed by atoms with Gasteiger partial charge >= 0.3 is 12.2 Å². The molecule has 13 heteroatoms. The summed E-state index contributed by atoms with van der Waals surface area (Å²) in [4.78, 5) is 49.6. The number of aromatic nitrogens is 2. The van der Waals surface area contributed by atoms with E-state index in [-0.39, 0.29) is 28.1 Å². The zero-order valence-corrected chi connectivity index (χ0v) is 25.0. The normalized spacial score (nSPS) is 16.6. The summed E-state index contributed by atoms with van der Waals surface area (Å²) in [7, 11) is 0. The lowest BCUT2D eigenvalue weighted by Crippen LogP contribution is -2.47. The molecule has 3 heterocycles. The van der Waals surface area contributed by atoms with Crippen LogP contribution in [0.2, 0.25) is 0 Å². The fourth-order valence-electron chi connectivity index (χ4n) is 3.12. The first kappa shape index (κ1) is 33.2. The number of rotatable bonds is 3. The molecule has 0 spiro atoms. The van der Waals surface area contributed by atoms with Gasteiger partial charge in [-0.25, -0.2) is 19.0 Å². The molecule has 220 valence electrons. The summed E-state index contributed by atoms with van der Waals surface area (Å²) in [6.45, 7) is 11.4. The number of anilines is 1. The molecule has 2 atom stereocenters. The summed E-state index contributed by atoms with van der Waals surface area (Å²) in [5.41, 5.74) is -0.243. The summed E-state index contributed by atoms with van der Waals surface area (Å²) in [6, 6.07) is 8.16. The van der Waals surface area contributed by atoms with Crippen molar-refractivity contribution in [1.29, 1.82) is 5.26 Å². The smallest absolute Gasteiger partial charge is 0.426 e. The van der Waals surface area contributed by atoms with E-state index < -0.39 is 30.1 Å². The molecule has 1 aliphatic rings. The largest absolute Gasteiger partial charge is 0.443 e. The number of hydrogen-bond donors (Lipinski definition) is 1. The fourth-order valence-corrected chi connectivity index (χ4v) is 4.36. The van der Waals surface area contributed by atoms with Gasteiger partial charge in [0.05, 0.1) is 11.6 Å². The van der Waals surface area contributed by atoms with E-state index in [9.17, 15) is 18.8 Å². The van der Waals surface area contributed by atoms with Crippen molar-refractivity contribution in [3.8, 4) is 6.07 Å². The van der Waals surface area contributed by atoms with Crippen LogP contribution < -0.4 is 5.32 Å². The lowest BCUT2D eigenvalue weighted by molar-refractivity contribution is 0.0151. The Morgan fingerprint density at radius 2 is 1.66 bits per heavy atom. The quantitative estimate of drug-likeness (QED) is 0.459. The van der Waals surface area contributed by atoms with Crippen LogP contribution in [0.1, 0.15) is 70.9 Å². The van der Waals surface area contributed by atoms with Gasteiger partial charge in [0, 0.05) is 29.5 Å². The number of pyridine rings is 2.